The zero-order valence-corrected chi connectivity index (χ0v) is 18.6. The van der Waals surface area contributed by atoms with Gasteiger partial charge in [-0.3, -0.25) is 0 Å². The third kappa shape index (κ3) is 4.98. The Labute approximate surface area is 178 Å². The molecule has 4 rings (SSSR count). The smallest absolute Gasteiger partial charge is 0.190 e. The first-order valence-electron chi connectivity index (χ1n) is 10.9. The Morgan fingerprint density at radius 2 is 1.73 bits per heavy atom. The predicted molar refractivity (Wildman–Crippen MR) is 109 cm³/mol. The molecule has 3 aliphatic heterocycles. The van der Waals surface area contributed by atoms with Crippen molar-refractivity contribution < 1.29 is 33.2 Å². The van der Waals surface area contributed by atoms with Gasteiger partial charge in [-0.25, -0.2) is 0 Å². The van der Waals surface area contributed by atoms with Gasteiger partial charge in [0.1, 0.15) is 30.2 Å². The minimum atomic E-state index is -0.703. The summed E-state index contributed by atoms with van der Waals surface area (Å²) in [6, 6.07) is 8.01. The highest BCUT2D eigenvalue weighted by Crippen LogP contribution is 2.42. The third-order valence-corrected chi connectivity index (χ3v) is 5.56. The Bertz CT molecular complexity index is 702. The molecule has 3 aliphatic rings. The first kappa shape index (κ1) is 22.0. The fraction of sp³-hybridized carbons (Fsp3) is 0.739. The molecule has 0 unspecified atom stereocenters. The van der Waals surface area contributed by atoms with Crippen molar-refractivity contribution in [2.24, 2.45) is 0 Å². The Morgan fingerprint density at radius 1 is 0.967 bits per heavy atom. The van der Waals surface area contributed by atoms with E-state index in [9.17, 15) is 0 Å². The van der Waals surface area contributed by atoms with Gasteiger partial charge < -0.3 is 33.2 Å². The molecule has 1 aromatic rings. The summed E-state index contributed by atoms with van der Waals surface area (Å²) in [7, 11) is 0. The monoisotopic (exact) mass is 422 g/mol. The highest BCUT2D eigenvalue weighted by atomic mass is 16.8. The molecule has 0 aliphatic carbocycles. The van der Waals surface area contributed by atoms with Gasteiger partial charge in [0.25, 0.3) is 0 Å². The van der Waals surface area contributed by atoms with Gasteiger partial charge in [-0.05, 0) is 51.8 Å². The van der Waals surface area contributed by atoms with Crippen molar-refractivity contribution in [3.05, 3.63) is 29.8 Å². The zero-order valence-electron chi connectivity index (χ0n) is 18.6. The van der Waals surface area contributed by atoms with Crippen LogP contribution in [0, 0.1) is 0 Å². The van der Waals surface area contributed by atoms with Gasteiger partial charge in [-0.15, -0.1) is 0 Å². The van der Waals surface area contributed by atoms with Gasteiger partial charge in [-0.2, -0.15) is 0 Å². The molecule has 3 heterocycles. The van der Waals surface area contributed by atoms with E-state index in [0.717, 1.165) is 30.8 Å². The molecule has 0 bridgehead atoms. The van der Waals surface area contributed by atoms with Crippen LogP contribution >= 0.6 is 0 Å². The summed E-state index contributed by atoms with van der Waals surface area (Å²) in [6.07, 6.45) is 0.507. The lowest BCUT2D eigenvalue weighted by Crippen LogP contribution is -2.44. The normalized spacial score (nSPS) is 34.2. The maximum absolute atomic E-state index is 6.32. The van der Waals surface area contributed by atoms with Crippen LogP contribution in [0.3, 0.4) is 0 Å². The molecule has 168 valence electrons. The molecule has 30 heavy (non-hydrogen) atoms. The minimum Gasteiger partial charge on any atom is -0.494 e. The Kier molecular flexibility index (Phi) is 6.40. The van der Waals surface area contributed by atoms with E-state index >= 15 is 0 Å². The van der Waals surface area contributed by atoms with Gasteiger partial charge in [-0.1, -0.05) is 25.5 Å². The maximum Gasteiger partial charge on any atom is 0.190 e. The molecule has 0 spiro atoms. The lowest BCUT2D eigenvalue weighted by atomic mass is 10.1. The molecule has 5 atom stereocenters. The van der Waals surface area contributed by atoms with Gasteiger partial charge in [0, 0.05) is 0 Å². The fourth-order valence-corrected chi connectivity index (χ4v) is 4.08. The first-order chi connectivity index (χ1) is 14.3. The molecule has 3 saturated heterocycles. The second-order valence-corrected chi connectivity index (χ2v) is 9.06. The van der Waals surface area contributed by atoms with Crippen LogP contribution in [0.5, 0.6) is 5.75 Å². The Hall–Kier alpha value is -1.22. The second kappa shape index (κ2) is 8.73. The summed E-state index contributed by atoms with van der Waals surface area (Å²) in [5.41, 5.74) is 1.06. The van der Waals surface area contributed by atoms with Crippen LogP contribution in [0.4, 0.5) is 0 Å². The van der Waals surface area contributed by atoms with Crippen molar-refractivity contribution in [2.45, 2.75) is 96.3 Å². The SMILES string of the molecule is CCCCOc1ccc(CO[C@@H]2[C@H]([C@@H]3COC(C)(C)O3)O[C@@H]3OC(C)(C)O[C@@H]32)cc1. The second-order valence-electron chi connectivity index (χ2n) is 9.06. The standard InChI is InChI=1S/C23H34O7/c1-6-7-12-24-16-10-8-15(9-11-16)13-25-19-18(17-14-26-22(2,3)28-17)27-21-20(19)29-23(4,5)30-21/h8-11,17-21H,6-7,12-14H2,1-5H3/t17-,18-,19+,20+,21+/m0/s1. The van der Waals surface area contributed by atoms with Crippen molar-refractivity contribution in [1.82, 2.24) is 0 Å². The maximum atomic E-state index is 6.32. The molecular weight excluding hydrogens is 388 g/mol. The predicted octanol–water partition coefficient (Wildman–Crippen LogP) is 3.78. The summed E-state index contributed by atoms with van der Waals surface area (Å²) < 4.78 is 42.0. The van der Waals surface area contributed by atoms with Crippen molar-refractivity contribution >= 4 is 0 Å². The van der Waals surface area contributed by atoms with Crippen LogP contribution in [0.15, 0.2) is 24.3 Å². The molecule has 0 radical (unpaired) electrons. The van der Waals surface area contributed by atoms with Crippen LogP contribution in [-0.2, 0) is 35.0 Å². The Morgan fingerprint density at radius 3 is 2.40 bits per heavy atom. The van der Waals surface area contributed by atoms with E-state index in [1.807, 2.05) is 52.0 Å². The lowest BCUT2D eigenvalue weighted by Gasteiger charge is -2.29. The van der Waals surface area contributed by atoms with Gasteiger partial charge in [0.05, 0.1) is 19.8 Å². The van der Waals surface area contributed by atoms with Crippen LogP contribution in [0.1, 0.15) is 53.0 Å². The molecule has 0 aromatic heterocycles. The zero-order chi connectivity index (χ0) is 21.4. The van der Waals surface area contributed by atoms with E-state index in [-0.39, 0.29) is 24.4 Å². The van der Waals surface area contributed by atoms with Crippen molar-refractivity contribution in [2.75, 3.05) is 13.2 Å². The summed E-state index contributed by atoms with van der Waals surface area (Å²) in [6.45, 7) is 11.3. The summed E-state index contributed by atoms with van der Waals surface area (Å²) >= 11 is 0. The molecule has 7 nitrogen and oxygen atoms in total. The molecular formula is C23H34O7. The number of rotatable bonds is 8. The first-order valence-corrected chi connectivity index (χ1v) is 10.9. The summed E-state index contributed by atoms with van der Waals surface area (Å²) in [5.74, 6) is -0.460. The molecule has 0 N–H and O–H groups in total. The van der Waals surface area contributed by atoms with Gasteiger partial charge in [0.2, 0.25) is 0 Å². The largest absolute Gasteiger partial charge is 0.494 e. The van der Waals surface area contributed by atoms with Crippen molar-refractivity contribution in [3.8, 4) is 5.75 Å². The number of hydrogen-bond donors (Lipinski definition) is 0. The highest BCUT2D eigenvalue weighted by Gasteiger charge is 2.58. The van der Waals surface area contributed by atoms with E-state index in [4.69, 9.17) is 33.2 Å². The van der Waals surface area contributed by atoms with Crippen molar-refractivity contribution in [1.29, 1.82) is 0 Å². The summed E-state index contributed by atoms with van der Waals surface area (Å²) in [5, 5.41) is 0. The molecule has 3 fully saturated rings. The van der Waals surface area contributed by atoms with E-state index < -0.39 is 17.9 Å². The van der Waals surface area contributed by atoms with Crippen LogP contribution < -0.4 is 4.74 Å². The molecule has 7 heteroatoms. The number of ether oxygens (including phenoxy) is 7. The number of hydrogen-bond acceptors (Lipinski definition) is 7. The van der Waals surface area contributed by atoms with Crippen molar-refractivity contribution in [3.63, 3.8) is 0 Å². The van der Waals surface area contributed by atoms with E-state index in [1.165, 1.54) is 0 Å². The quantitative estimate of drug-likeness (QED) is 0.591. The van der Waals surface area contributed by atoms with Gasteiger partial charge in [0.15, 0.2) is 17.9 Å². The van der Waals surface area contributed by atoms with E-state index in [0.29, 0.717) is 13.2 Å². The Balaban J connectivity index is 1.40. The number of fused-ring (bicyclic) bond motifs is 1. The van der Waals surface area contributed by atoms with E-state index in [2.05, 4.69) is 6.92 Å². The fourth-order valence-electron chi connectivity index (χ4n) is 4.08. The van der Waals surface area contributed by atoms with Crippen LogP contribution in [0.2, 0.25) is 0 Å². The topological polar surface area (TPSA) is 64.6 Å². The van der Waals surface area contributed by atoms with Crippen LogP contribution in [0.25, 0.3) is 0 Å². The molecule has 0 saturated carbocycles. The van der Waals surface area contributed by atoms with E-state index in [1.54, 1.807) is 0 Å². The molecule has 0 amide bonds. The van der Waals surface area contributed by atoms with Gasteiger partial charge >= 0.3 is 0 Å². The molecule has 1 aromatic carbocycles. The summed E-state index contributed by atoms with van der Waals surface area (Å²) in [4.78, 5) is 0. The lowest BCUT2D eigenvalue weighted by molar-refractivity contribution is -0.236. The van der Waals surface area contributed by atoms with Crippen LogP contribution in [-0.4, -0.2) is 55.5 Å². The number of unbranched alkanes of at least 4 members (excludes halogenated alkanes) is 1. The third-order valence-electron chi connectivity index (χ3n) is 5.56. The number of benzene rings is 1. The average molecular weight is 423 g/mol. The average Bonchev–Trinajstić information content (AvgIpc) is 3.30. The highest BCUT2D eigenvalue weighted by molar-refractivity contribution is 5.26. The minimum absolute atomic E-state index is 0.236.